The number of nitrogens with zero attached hydrogens (tertiary/aromatic N) is 5. The Labute approximate surface area is 178 Å². The normalized spacial score (nSPS) is 18.8. The molecule has 1 fully saturated rings. The number of methoxy groups -OCH3 is 1. The van der Waals surface area contributed by atoms with Gasteiger partial charge in [0, 0.05) is 44.9 Å². The summed E-state index contributed by atoms with van der Waals surface area (Å²) in [6, 6.07) is 6.21. The van der Waals surface area contributed by atoms with Crippen LogP contribution in [0.2, 0.25) is 0 Å². The first-order valence-electron chi connectivity index (χ1n) is 10.0. The second-order valence-electron chi connectivity index (χ2n) is 7.94. The second kappa shape index (κ2) is 9.73. The molecule has 11 heteroatoms. The van der Waals surface area contributed by atoms with Gasteiger partial charge in [0.25, 0.3) is 0 Å². The predicted octanol–water partition coefficient (Wildman–Crippen LogP) is 2.77. The Balaban J connectivity index is 0.000000339. The lowest BCUT2D eigenvalue weighted by atomic mass is 9.98. The van der Waals surface area contributed by atoms with Crippen LogP contribution in [0.4, 0.5) is 13.2 Å². The number of fused-ring (bicyclic) bond motifs is 1. The van der Waals surface area contributed by atoms with E-state index < -0.39 is 12.1 Å². The van der Waals surface area contributed by atoms with E-state index in [2.05, 4.69) is 37.0 Å². The summed E-state index contributed by atoms with van der Waals surface area (Å²) in [4.78, 5) is 15.9. The SMILES string of the molecule is COCC1CN(Cc2cccc(C)n2)Cc2nnn(CC3CC3)c21.O=C(O)C(F)(F)F. The molecule has 0 saturated heterocycles. The van der Waals surface area contributed by atoms with Crippen molar-refractivity contribution in [2.75, 3.05) is 20.3 Å². The minimum Gasteiger partial charge on any atom is -0.475 e. The molecule has 0 amide bonds. The molecule has 4 rings (SSSR count). The number of carbonyl (C=O) groups is 1. The summed E-state index contributed by atoms with van der Waals surface area (Å²) in [5.74, 6) is -1.63. The lowest BCUT2D eigenvalue weighted by Gasteiger charge is -2.32. The Morgan fingerprint density at radius 1 is 1.32 bits per heavy atom. The van der Waals surface area contributed by atoms with Crippen molar-refractivity contribution in [3.05, 3.63) is 41.0 Å². The number of aryl methyl sites for hydroxylation is 1. The molecule has 1 aliphatic carbocycles. The molecule has 1 unspecified atom stereocenters. The number of carboxylic acid groups (broad SMARTS) is 1. The molecule has 0 bridgehead atoms. The fraction of sp³-hybridized carbons (Fsp3) is 0.600. The number of ether oxygens (including phenoxy) is 1. The van der Waals surface area contributed by atoms with Gasteiger partial charge in [-0.3, -0.25) is 9.88 Å². The first kappa shape index (κ1) is 23.1. The molecule has 0 spiro atoms. The number of aliphatic carboxylic acids is 1. The minimum atomic E-state index is -5.08. The van der Waals surface area contributed by atoms with Crippen LogP contribution >= 0.6 is 0 Å². The highest BCUT2D eigenvalue weighted by atomic mass is 19.4. The van der Waals surface area contributed by atoms with Crippen molar-refractivity contribution in [2.24, 2.45) is 5.92 Å². The highest BCUT2D eigenvalue weighted by Gasteiger charge is 2.38. The van der Waals surface area contributed by atoms with E-state index in [0.717, 1.165) is 49.2 Å². The van der Waals surface area contributed by atoms with Crippen molar-refractivity contribution in [2.45, 2.75) is 51.5 Å². The maximum Gasteiger partial charge on any atom is 0.490 e. The van der Waals surface area contributed by atoms with E-state index in [1.165, 1.54) is 18.5 Å². The highest BCUT2D eigenvalue weighted by molar-refractivity contribution is 5.73. The van der Waals surface area contributed by atoms with Crippen LogP contribution in [0.3, 0.4) is 0 Å². The zero-order valence-electron chi connectivity index (χ0n) is 17.5. The lowest BCUT2D eigenvalue weighted by Crippen LogP contribution is -2.36. The Morgan fingerprint density at radius 3 is 2.61 bits per heavy atom. The molecule has 3 heterocycles. The predicted molar refractivity (Wildman–Crippen MR) is 104 cm³/mol. The fourth-order valence-electron chi connectivity index (χ4n) is 3.64. The van der Waals surface area contributed by atoms with Crippen molar-refractivity contribution < 1.29 is 27.8 Å². The van der Waals surface area contributed by atoms with Crippen LogP contribution in [0.1, 0.15) is 41.5 Å². The van der Waals surface area contributed by atoms with Gasteiger partial charge in [0.15, 0.2) is 0 Å². The molecule has 1 aliphatic heterocycles. The van der Waals surface area contributed by atoms with Crippen LogP contribution in [0.5, 0.6) is 0 Å². The van der Waals surface area contributed by atoms with Gasteiger partial charge < -0.3 is 9.84 Å². The highest BCUT2D eigenvalue weighted by Crippen LogP contribution is 2.34. The van der Waals surface area contributed by atoms with Crippen LogP contribution in [0, 0.1) is 12.8 Å². The molecule has 170 valence electrons. The molecule has 2 aromatic rings. The van der Waals surface area contributed by atoms with E-state index in [9.17, 15) is 13.2 Å². The molecule has 31 heavy (non-hydrogen) atoms. The number of hydrogen-bond donors (Lipinski definition) is 1. The molecular weight excluding hydrogens is 415 g/mol. The van der Waals surface area contributed by atoms with Gasteiger partial charge in [-0.05, 0) is 37.8 Å². The molecule has 8 nitrogen and oxygen atoms in total. The number of pyridine rings is 1. The van der Waals surface area contributed by atoms with E-state index >= 15 is 0 Å². The Morgan fingerprint density at radius 2 is 2.03 bits per heavy atom. The van der Waals surface area contributed by atoms with E-state index in [1.54, 1.807) is 7.11 Å². The Hall–Kier alpha value is -2.53. The van der Waals surface area contributed by atoms with E-state index in [0.29, 0.717) is 12.5 Å². The zero-order valence-corrected chi connectivity index (χ0v) is 17.5. The smallest absolute Gasteiger partial charge is 0.475 e. The number of carboxylic acids is 1. The van der Waals surface area contributed by atoms with Crippen molar-refractivity contribution in [1.82, 2.24) is 24.9 Å². The van der Waals surface area contributed by atoms with Crippen molar-refractivity contribution >= 4 is 5.97 Å². The Bertz CT molecular complexity index is 898. The maximum atomic E-state index is 10.6. The van der Waals surface area contributed by atoms with Crippen molar-refractivity contribution in [3.8, 4) is 0 Å². The third-order valence-electron chi connectivity index (χ3n) is 5.16. The number of hydrogen-bond acceptors (Lipinski definition) is 6. The molecule has 0 aromatic carbocycles. The van der Waals surface area contributed by atoms with Gasteiger partial charge in [0.1, 0.15) is 5.69 Å². The standard InChI is InChI=1S/C18H25N5O.C2HF3O2/c1-13-4-3-5-16(19-13)10-22-9-15(12-24-2)18-17(11-22)20-21-23(18)8-14-6-7-14;3-2(4,5)1(6)7/h3-5,14-15H,6-12H2,1-2H3;(H,6,7). The maximum absolute atomic E-state index is 10.6. The van der Waals surface area contributed by atoms with Crippen LogP contribution in [-0.4, -0.2) is 62.4 Å². The number of alkyl halides is 3. The molecule has 2 aliphatic rings. The number of halogens is 3. The molecule has 1 saturated carbocycles. The number of aromatic nitrogens is 4. The van der Waals surface area contributed by atoms with E-state index in [1.807, 2.05) is 13.0 Å². The van der Waals surface area contributed by atoms with Gasteiger partial charge >= 0.3 is 12.1 Å². The first-order valence-corrected chi connectivity index (χ1v) is 10.0. The van der Waals surface area contributed by atoms with Crippen LogP contribution in [0.25, 0.3) is 0 Å². The molecule has 0 radical (unpaired) electrons. The quantitative estimate of drug-likeness (QED) is 0.737. The average molecular weight is 441 g/mol. The summed E-state index contributed by atoms with van der Waals surface area (Å²) in [5, 5.41) is 16.0. The summed E-state index contributed by atoms with van der Waals surface area (Å²) in [5.41, 5.74) is 4.57. The van der Waals surface area contributed by atoms with Gasteiger partial charge in [0.2, 0.25) is 0 Å². The van der Waals surface area contributed by atoms with E-state index in [-0.39, 0.29) is 0 Å². The molecular formula is C20H26F3N5O3. The van der Waals surface area contributed by atoms with Gasteiger partial charge in [-0.15, -0.1) is 5.10 Å². The first-order chi connectivity index (χ1) is 14.7. The minimum absolute atomic E-state index is 0.331. The fourth-order valence-corrected chi connectivity index (χ4v) is 3.64. The Kier molecular flexibility index (Phi) is 7.26. The van der Waals surface area contributed by atoms with Gasteiger partial charge in [-0.2, -0.15) is 13.2 Å². The summed E-state index contributed by atoms with van der Waals surface area (Å²) in [6.45, 7) is 6.42. The lowest BCUT2D eigenvalue weighted by molar-refractivity contribution is -0.192. The van der Waals surface area contributed by atoms with Gasteiger partial charge in [0.05, 0.1) is 18.0 Å². The summed E-state index contributed by atoms with van der Waals surface area (Å²) < 4.78 is 39.4. The molecule has 1 atom stereocenters. The monoisotopic (exact) mass is 441 g/mol. The summed E-state index contributed by atoms with van der Waals surface area (Å²) in [7, 11) is 1.77. The van der Waals surface area contributed by atoms with Crippen LogP contribution in [-0.2, 0) is 29.2 Å². The van der Waals surface area contributed by atoms with Gasteiger partial charge in [-0.25, -0.2) is 9.48 Å². The van der Waals surface area contributed by atoms with Crippen LogP contribution < -0.4 is 0 Å². The zero-order chi connectivity index (χ0) is 22.6. The second-order valence-corrected chi connectivity index (χ2v) is 7.94. The van der Waals surface area contributed by atoms with Crippen molar-refractivity contribution in [1.29, 1.82) is 0 Å². The molecule has 1 N–H and O–H groups in total. The third kappa shape index (κ3) is 6.47. The topological polar surface area (TPSA) is 93.4 Å². The summed E-state index contributed by atoms with van der Waals surface area (Å²) in [6.07, 6.45) is -2.43. The van der Waals surface area contributed by atoms with E-state index in [4.69, 9.17) is 14.6 Å². The summed E-state index contributed by atoms with van der Waals surface area (Å²) >= 11 is 0. The largest absolute Gasteiger partial charge is 0.490 e. The van der Waals surface area contributed by atoms with Gasteiger partial charge in [-0.1, -0.05) is 11.3 Å². The molecule has 2 aromatic heterocycles. The number of rotatable bonds is 6. The van der Waals surface area contributed by atoms with Crippen molar-refractivity contribution in [3.63, 3.8) is 0 Å². The third-order valence-corrected chi connectivity index (χ3v) is 5.16. The van der Waals surface area contributed by atoms with Crippen LogP contribution in [0.15, 0.2) is 18.2 Å². The average Bonchev–Trinajstić information content (AvgIpc) is 3.40.